The summed E-state index contributed by atoms with van der Waals surface area (Å²) in [6.07, 6.45) is 0. The van der Waals surface area contributed by atoms with E-state index in [1.807, 2.05) is 18.2 Å². The monoisotopic (exact) mass is 287 g/mol. The van der Waals surface area contributed by atoms with E-state index in [0.29, 0.717) is 0 Å². The summed E-state index contributed by atoms with van der Waals surface area (Å²) in [5, 5.41) is 2.80. The lowest BCUT2D eigenvalue weighted by molar-refractivity contribution is -0.133. The van der Waals surface area contributed by atoms with Crippen LogP contribution in [0.4, 0.5) is 5.69 Å². The van der Waals surface area contributed by atoms with E-state index in [-0.39, 0.29) is 11.8 Å². The summed E-state index contributed by atoms with van der Waals surface area (Å²) in [4.78, 5) is 22.8. The summed E-state index contributed by atoms with van der Waals surface area (Å²) >= 11 is 0. The lowest BCUT2D eigenvalue weighted by Gasteiger charge is -2.19. The Labute approximate surface area is 125 Å². The van der Waals surface area contributed by atoms with Gasteiger partial charge in [0, 0.05) is 17.5 Å². The maximum Gasteiger partial charge on any atom is 0.384 e. The van der Waals surface area contributed by atoms with Crippen molar-refractivity contribution in [3.05, 3.63) is 29.3 Å². The van der Waals surface area contributed by atoms with Gasteiger partial charge in [-0.2, -0.15) is 0 Å². The second kappa shape index (κ2) is 7.49. The fourth-order valence-corrected chi connectivity index (χ4v) is 2.00. The first-order valence-corrected chi connectivity index (χ1v) is 6.90. The smallest absolute Gasteiger partial charge is 0.384 e. The van der Waals surface area contributed by atoms with Gasteiger partial charge in [-0.1, -0.05) is 45.9 Å². The molecule has 0 aliphatic carbocycles. The van der Waals surface area contributed by atoms with Gasteiger partial charge in [0.1, 0.15) is 0 Å². The van der Waals surface area contributed by atoms with Gasteiger partial charge in [0.2, 0.25) is 0 Å². The van der Waals surface area contributed by atoms with Crippen molar-refractivity contribution in [3.63, 3.8) is 0 Å². The number of carbonyl (C=O) groups excluding carboxylic acids is 2. The van der Waals surface area contributed by atoms with Gasteiger partial charge in [0.25, 0.3) is 0 Å². The van der Waals surface area contributed by atoms with E-state index in [2.05, 4.69) is 49.6 Å². The third kappa shape index (κ3) is 4.64. The Morgan fingerprint density at radius 1 is 1.05 bits per heavy atom. The molecule has 1 aromatic carbocycles. The van der Waals surface area contributed by atoms with Crippen LogP contribution in [0.3, 0.4) is 0 Å². The van der Waals surface area contributed by atoms with Gasteiger partial charge in [0.15, 0.2) is 0 Å². The van der Waals surface area contributed by atoms with Gasteiger partial charge in [-0.15, -0.1) is 0 Å². The molecular weight excluding hydrogens is 266 g/mol. The second-order valence-corrected chi connectivity index (χ2v) is 5.32. The summed E-state index contributed by atoms with van der Waals surface area (Å²) in [7, 11) is 1.22. The number of ether oxygens (including phenoxy) is 1. The van der Waals surface area contributed by atoms with Crippen molar-refractivity contribution in [2.75, 3.05) is 12.4 Å². The summed E-state index contributed by atoms with van der Waals surface area (Å²) in [6.45, 7) is 8.26. The van der Waals surface area contributed by atoms with E-state index >= 15 is 0 Å². The quantitative estimate of drug-likeness (QED) is 0.528. The molecular formula is C17H21NO3. The Kier molecular flexibility index (Phi) is 5.98. The van der Waals surface area contributed by atoms with Gasteiger partial charge in [-0.05, 0) is 23.0 Å². The number of hydrogen-bond acceptors (Lipinski definition) is 3. The van der Waals surface area contributed by atoms with Crippen LogP contribution in [0, 0.1) is 11.8 Å². The lowest BCUT2D eigenvalue weighted by atomic mass is 9.92. The first kappa shape index (κ1) is 16.8. The maximum absolute atomic E-state index is 11.9. The summed E-state index contributed by atoms with van der Waals surface area (Å²) in [6, 6.07) is 5.96. The van der Waals surface area contributed by atoms with Crippen molar-refractivity contribution in [1.29, 1.82) is 0 Å². The number of hydrogen-bond donors (Lipinski definition) is 1. The van der Waals surface area contributed by atoms with E-state index < -0.39 is 11.9 Å². The summed E-state index contributed by atoms with van der Waals surface area (Å²) in [5.41, 5.74) is 2.88. The van der Waals surface area contributed by atoms with Crippen LogP contribution < -0.4 is 5.32 Å². The minimum atomic E-state index is -0.730. The summed E-state index contributed by atoms with van der Waals surface area (Å²) < 4.78 is 4.38. The van der Waals surface area contributed by atoms with Crippen LogP contribution in [-0.2, 0) is 14.3 Å². The predicted molar refractivity (Wildman–Crippen MR) is 83.0 cm³/mol. The second-order valence-electron chi connectivity index (χ2n) is 5.32. The molecule has 4 heteroatoms. The Bertz CT molecular complexity index is 566. The highest BCUT2D eigenvalue weighted by Crippen LogP contribution is 2.32. The van der Waals surface area contributed by atoms with Crippen LogP contribution in [0.15, 0.2) is 18.2 Å². The number of para-hydroxylation sites is 1. The molecule has 1 aromatic rings. The van der Waals surface area contributed by atoms with E-state index in [0.717, 1.165) is 16.8 Å². The number of amides is 1. The van der Waals surface area contributed by atoms with Gasteiger partial charge in [-0.3, -0.25) is 4.79 Å². The molecule has 0 spiro atoms. The van der Waals surface area contributed by atoms with Crippen molar-refractivity contribution in [1.82, 2.24) is 0 Å². The van der Waals surface area contributed by atoms with Crippen LogP contribution in [0.5, 0.6) is 0 Å². The normalized spacial score (nSPS) is 10.0. The highest BCUT2D eigenvalue weighted by Gasteiger charge is 2.15. The molecule has 0 aliphatic heterocycles. The van der Waals surface area contributed by atoms with Crippen molar-refractivity contribution in [2.24, 2.45) is 0 Å². The number of benzene rings is 1. The summed E-state index contributed by atoms with van der Waals surface area (Å²) in [5.74, 6) is 3.66. The molecule has 0 saturated carbocycles. The fraction of sp³-hybridized carbons (Fsp3) is 0.412. The van der Waals surface area contributed by atoms with Crippen LogP contribution >= 0.6 is 0 Å². The van der Waals surface area contributed by atoms with Gasteiger partial charge in [-0.25, -0.2) is 4.79 Å². The molecule has 0 aliphatic rings. The predicted octanol–water partition coefficient (Wildman–Crippen LogP) is 3.05. The molecule has 0 fully saturated rings. The molecule has 0 bridgehead atoms. The van der Waals surface area contributed by atoms with E-state index in [4.69, 9.17) is 0 Å². The number of anilines is 1. The highest BCUT2D eigenvalue weighted by atomic mass is 16.5. The van der Waals surface area contributed by atoms with Crippen LogP contribution in [0.2, 0.25) is 0 Å². The number of carbonyl (C=O) groups is 2. The van der Waals surface area contributed by atoms with Crippen LogP contribution in [0.25, 0.3) is 0 Å². The first-order chi connectivity index (χ1) is 9.86. The standard InChI is InChI=1S/C17H21NO3/c1-11(2)13-7-6-8-14(12(3)4)17(13)18-15(19)9-10-16(20)21-5/h6-8,11-12H,1-5H3,(H,18,19). The highest BCUT2D eigenvalue weighted by molar-refractivity contribution is 6.08. The van der Waals surface area contributed by atoms with Crippen molar-refractivity contribution in [2.45, 2.75) is 39.5 Å². The molecule has 0 unspecified atom stereocenters. The maximum atomic E-state index is 11.9. The van der Waals surface area contributed by atoms with Gasteiger partial charge in [0.05, 0.1) is 7.11 Å². The molecule has 0 radical (unpaired) electrons. The zero-order chi connectivity index (χ0) is 16.0. The molecule has 4 nitrogen and oxygen atoms in total. The van der Waals surface area contributed by atoms with Crippen LogP contribution in [0.1, 0.15) is 50.7 Å². The van der Waals surface area contributed by atoms with Gasteiger partial charge < -0.3 is 10.1 Å². The Morgan fingerprint density at radius 2 is 1.57 bits per heavy atom. The molecule has 0 saturated heterocycles. The molecule has 1 amide bonds. The fourth-order valence-electron chi connectivity index (χ4n) is 2.00. The Hall–Kier alpha value is -2.28. The third-order valence-corrected chi connectivity index (χ3v) is 3.07. The van der Waals surface area contributed by atoms with Crippen molar-refractivity contribution in [3.8, 4) is 11.8 Å². The minimum absolute atomic E-state index is 0.271. The Morgan fingerprint density at radius 3 is 2.00 bits per heavy atom. The molecule has 0 atom stereocenters. The average molecular weight is 287 g/mol. The Balaban J connectivity index is 3.13. The van der Waals surface area contributed by atoms with Crippen molar-refractivity contribution < 1.29 is 14.3 Å². The lowest BCUT2D eigenvalue weighted by Crippen LogP contribution is -2.14. The van der Waals surface area contributed by atoms with E-state index in [1.54, 1.807) is 0 Å². The molecule has 112 valence electrons. The topological polar surface area (TPSA) is 55.4 Å². The number of nitrogens with one attached hydrogen (secondary N) is 1. The molecule has 0 heterocycles. The molecule has 1 N–H and O–H groups in total. The zero-order valence-electron chi connectivity index (χ0n) is 13.1. The zero-order valence-corrected chi connectivity index (χ0v) is 13.1. The molecule has 21 heavy (non-hydrogen) atoms. The average Bonchev–Trinajstić information content (AvgIpc) is 2.44. The molecule has 1 rings (SSSR count). The third-order valence-electron chi connectivity index (χ3n) is 3.07. The SMILES string of the molecule is COC(=O)C#CC(=O)Nc1c(C(C)C)cccc1C(C)C. The van der Waals surface area contributed by atoms with E-state index in [1.165, 1.54) is 7.11 Å². The molecule has 0 aromatic heterocycles. The minimum Gasteiger partial charge on any atom is -0.459 e. The van der Waals surface area contributed by atoms with E-state index in [9.17, 15) is 9.59 Å². The van der Waals surface area contributed by atoms with Gasteiger partial charge >= 0.3 is 11.9 Å². The number of methoxy groups -OCH3 is 1. The largest absolute Gasteiger partial charge is 0.459 e. The number of rotatable bonds is 3. The first-order valence-electron chi connectivity index (χ1n) is 6.90. The van der Waals surface area contributed by atoms with Crippen molar-refractivity contribution >= 4 is 17.6 Å². The van der Waals surface area contributed by atoms with Crippen LogP contribution in [-0.4, -0.2) is 19.0 Å². The number of esters is 1.